The Balaban J connectivity index is 1.90. The van der Waals surface area contributed by atoms with Crippen molar-refractivity contribution in [3.63, 3.8) is 0 Å². The van der Waals surface area contributed by atoms with Gasteiger partial charge in [-0.2, -0.15) is 0 Å². The van der Waals surface area contributed by atoms with Crippen LogP contribution in [0.2, 0.25) is 0 Å². The van der Waals surface area contributed by atoms with Crippen LogP contribution in [0.1, 0.15) is 51.8 Å². The summed E-state index contributed by atoms with van der Waals surface area (Å²) in [6, 6.07) is 1.05. The first-order chi connectivity index (χ1) is 10.2. The third-order valence-corrected chi connectivity index (χ3v) is 5.34. The monoisotopic (exact) mass is 310 g/mol. The maximum atomic E-state index is 4.82. The van der Waals surface area contributed by atoms with E-state index in [0.29, 0.717) is 12.1 Å². The third kappa shape index (κ3) is 4.41. The minimum Gasteiger partial charge on any atom is -0.350 e. The number of likely N-dealkylation sites (tertiary alicyclic amines) is 1. The highest BCUT2D eigenvalue weighted by Gasteiger charge is 2.25. The summed E-state index contributed by atoms with van der Waals surface area (Å²) in [6.07, 6.45) is 3.83. The zero-order valence-corrected chi connectivity index (χ0v) is 14.7. The number of hydrogen-bond donors (Lipinski definition) is 1. The molecule has 0 radical (unpaired) electrons. The largest absolute Gasteiger partial charge is 0.350 e. The number of hydrogen-bond acceptors (Lipinski definition) is 5. The lowest BCUT2D eigenvalue weighted by Crippen LogP contribution is -2.38. The number of aromatic nitrogens is 1. The number of nitrogens with zero attached hydrogens (tertiary/aromatic N) is 3. The summed E-state index contributed by atoms with van der Waals surface area (Å²) in [5.41, 5.74) is 1.18. The van der Waals surface area contributed by atoms with Crippen molar-refractivity contribution in [1.29, 1.82) is 0 Å². The molecule has 1 aromatic heterocycles. The lowest BCUT2D eigenvalue weighted by Gasteiger charge is -2.27. The van der Waals surface area contributed by atoms with Crippen LogP contribution < -0.4 is 10.2 Å². The van der Waals surface area contributed by atoms with Gasteiger partial charge in [-0.05, 0) is 45.8 Å². The first-order valence-corrected chi connectivity index (χ1v) is 9.17. The average molecular weight is 311 g/mol. The third-order valence-electron chi connectivity index (χ3n) is 4.37. The minimum absolute atomic E-state index is 0.349. The van der Waals surface area contributed by atoms with E-state index in [-0.39, 0.29) is 0 Å². The molecule has 0 amide bonds. The highest BCUT2D eigenvalue weighted by molar-refractivity contribution is 7.13. The van der Waals surface area contributed by atoms with Gasteiger partial charge in [0.15, 0.2) is 5.13 Å². The molecule has 1 aliphatic rings. The molecule has 1 aliphatic heterocycles. The van der Waals surface area contributed by atoms with Gasteiger partial charge in [-0.15, -0.1) is 11.3 Å². The number of likely N-dealkylation sites (N-methyl/N-ethyl adjacent to an activating group) is 2. The van der Waals surface area contributed by atoms with E-state index in [2.05, 4.69) is 48.3 Å². The molecule has 1 aromatic rings. The molecule has 2 atom stereocenters. The minimum atomic E-state index is 0.349. The van der Waals surface area contributed by atoms with Gasteiger partial charge in [0.2, 0.25) is 0 Å². The molecular weight excluding hydrogens is 280 g/mol. The Labute approximate surface area is 133 Å². The summed E-state index contributed by atoms with van der Waals surface area (Å²) in [5, 5.41) is 6.86. The summed E-state index contributed by atoms with van der Waals surface area (Å²) < 4.78 is 0. The summed E-state index contributed by atoms with van der Waals surface area (Å²) >= 11 is 1.77. The van der Waals surface area contributed by atoms with Gasteiger partial charge in [0.1, 0.15) is 0 Å². The van der Waals surface area contributed by atoms with Crippen molar-refractivity contribution in [1.82, 2.24) is 15.2 Å². The smallest absolute Gasteiger partial charge is 0.185 e. The van der Waals surface area contributed by atoms with E-state index in [0.717, 1.165) is 24.6 Å². The van der Waals surface area contributed by atoms with Crippen LogP contribution in [0.25, 0.3) is 0 Å². The molecule has 21 heavy (non-hydrogen) atoms. The van der Waals surface area contributed by atoms with Crippen LogP contribution >= 0.6 is 11.3 Å². The molecule has 4 nitrogen and oxygen atoms in total. The molecule has 2 heterocycles. The van der Waals surface area contributed by atoms with Crippen molar-refractivity contribution in [2.75, 3.05) is 38.1 Å². The molecule has 0 aromatic carbocycles. The number of anilines is 1. The lowest BCUT2D eigenvalue weighted by atomic mass is 10.2. The fourth-order valence-corrected chi connectivity index (χ4v) is 3.92. The topological polar surface area (TPSA) is 31.4 Å². The number of thiazole rings is 1. The Morgan fingerprint density at radius 3 is 3.05 bits per heavy atom. The molecule has 120 valence electrons. The second-order valence-corrected chi connectivity index (χ2v) is 6.87. The molecule has 0 spiro atoms. The number of nitrogens with one attached hydrogen (secondary N) is 1. The Bertz CT molecular complexity index is 420. The van der Waals surface area contributed by atoms with Crippen LogP contribution in [-0.2, 0) is 0 Å². The average Bonchev–Trinajstić information content (AvgIpc) is 3.13. The summed E-state index contributed by atoms with van der Waals surface area (Å²) in [4.78, 5) is 9.75. The van der Waals surface area contributed by atoms with Gasteiger partial charge < -0.3 is 10.2 Å². The van der Waals surface area contributed by atoms with E-state index in [1.54, 1.807) is 11.3 Å². The van der Waals surface area contributed by atoms with Crippen LogP contribution in [0.4, 0.5) is 5.13 Å². The molecule has 5 heteroatoms. The SMILES string of the molecule is CCCNC(C)c1csc(N(C)CC2CCCN2CC)n1. The van der Waals surface area contributed by atoms with Crippen LogP contribution in [-0.4, -0.2) is 49.2 Å². The normalized spacial score (nSPS) is 20.9. The maximum Gasteiger partial charge on any atom is 0.185 e. The molecule has 1 N–H and O–H groups in total. The van der Waals surface area contributed by atoms with Gasteiger partial charge in [-0.3, -0.25) is 4.90 Å². The van der Waals surface area contributed by atoms with Crippen molar-refractivity contribution in [3.8, 4) is 0 Å². The first-order valence-electron chi connectivity index (χ1n) is 8.29. The second-order valence-electron chi connectivity index (χ2n) is 6.04. The van der Waals surface area contributed by atoms with Gasteiger partial charge in [0, 0.05) is 31.1 Å². The second kappa shape index (κ2) is 8.11. The predicted octanol–water partition coefficient (Wildman–Crippen LogP) is 3.12. The van der Waals surface area contributed by atoms with Crippen LogP contribution in [0.5, 0.6) is 0 Å². The fraction of sp³-hybridized carbons (Fsp3) is 0.812. The van der Waals surface area contributed by atoms with Crippen LogP contribution in [0.15, 0.2) is 5.38 Å². The first kappa shape index (κ1) is 16.7. The van der Waals surface area contributed by atoms with Gasteiger partial charge in [-0.25, -0.2) is 4.98 Å². The van der Waals surface area contributed by atoms with Crippen molar-refractivity contribution in [3.05, 3.63) is 11.1 Å². The highest BCUT2D eigenvalue weighted by Crippen LogP contribution is 2.25. The maximum absolute atomic E-state index is 4.82. The van der Waals surface area contributed by atoms with Crippen LogP contribution in [0.3, 0.4) is 0 Å². The summed E-state index contributed by atoms with van der Waals surface area (Å²) in [7, 11) is 2.18. The van der Waals surface area contributed by atoms with Gasteiger partial charge in [-0.1, -0.05) is 13.8 Å². The Morgan fingerprint density at radius 2 is 2.33 bits per heavy atom. The molecule has 0 bridgehead atoms. The molecule has 2 rings (SSSR count). The zero-order chi connectivity index (χ0) is 15.2. The van der Waals surface area contributed by atoms with Gasteiger partial charge in [0.25, 0.3) is 0 Å². The Morgan fingerprint density at radius 1 is 1.52 bits per heavy atom. The van der Waals surface area contributed by atoms with E-state index in [4.69, 9.17) is 4.98 Å². The van der Waals surface area contributed by atoms with Crippen molar-refractivity contribution >= 4 is 16.5 Å². The van der Waals surface area contributed by atoms with Gasteiger partial charge in [0.05, 0.1) is 5.69 Å². The highest BCUT2D eigenvalue weighted by atomic mass is 32.1. The molecule has 1 saturated heterocycles. The van der Waals surface area contributed by atoms with E-state index in [1.165, 1.54) is 31.6 Å². The molecular formula is C16H30N4S. The van der Waals surface area contributed by atoms with Crippen molar-refractivity contribution in [2.24, 2.45) is 0 Å². The predicted molar refractivity (Wildman–Crippen MR) is 92.4 cm³/mol. The molecule has 0 aliphatic carbocycles. The van der Waals surface area contributed by atoms with Gasteiger partial charge >= 0.3 is 0 Å². The zero-order valence-electron chi connectivity index (χ0n) is 13.9. The molecule has 1 fully saturated rings. The summed E-state index contributed by atoms with van der Waals surface area (Å²) in [6.45, 7) is 11.2. The van der Waals surface area contributed by atoms with Crippen LogP contribution in [0, 0.1) is 0 Å². The standard InChI is InChI=1S/C16H30N4S/c1-5-9-17-13(3)15-12-21-16(18-15)19(4)11-14-8-7-10-20(14)6-2/h12-14,17H,5-11H2,1-4H3. The van der Waals surface area contributed by atoms with Crippen molar-refractivity contribution in [2.45, 2.75) is 52.1 Å². The fourth-order valence-electron chi connectivity index (χ4n) is 3.03. The lowest BCUT2D eigenvalue weighted by molar-refractivity contribution is 0.270. The number of rotatable bonds is 8. The quantitative estimate of drug-likeness (QED) is 0.799. The van der Waals surface area contributed by atoms with E-state index in [9.17, 15) is 0 Å². The van der Waals surface area contributed by atoms with E-state index < -0.39 is 0 Å². The van der Waals surface area contributed by atoms with Crippen molar-refractivity contribution < 1.29 is 0 Å². The van der Waals surface area contributed by atoms with E-state index >= 15 is 0 Å². The summed E-state index contributed by atoms with van der Waals surface area (Å²) in [5.74, 6) is 0. The molecule has 0 saturated carbocycles. The van der Waals surface area contributed by atoms with E-state index in [1.807, 2.05) is 0 Å². The Hall–Kier alpha value is -0.650. The molecule has 2 unspecified atom stereocenters. The Kier molecular flexibility index (Phi) is 6.45.